The molecule has 3 aliphatic rings. The van der Waals surface area contributed by atoms with Gasteiger partial charge in [0.1, 0.15) is 11.8 Å². The van der Waals surface area contributed by atoms with Gasteiger partial charge < -0.3 is 14.9 Å². The number of carbonyl (C=O) groups is 1. The molecule has 4 rings (SSSR count). The second-order valence-corrected chi connectivity index (χ2v) is 8.70. The van der Waals surface area contributed by atoms with E-state index < -0.39 is 17.9 Å². The van der Waals surface area contributed by atoms with Crippen molar-refractivity contribution in [1.29, 1.82) is 5.26 Å². The Balaban J connectivity index is 1.90. The lowest BCUT2D eigenvalue weighted by atomic mass is 9.80. The van der Waals surface area contributed by atoms with Gasteiger partial charge in [0.15, 0.2) is 0 Å². The fraction of sp³-hybridized carbons (Fsp3) is 0.579. The normalized spacial score (nSPS) is 35.2. The number of hydrogen-bond donors (Lipinski definition) is 2. The van der Waals surface area contributed by atoms with Crippen LogP contribution in [0, 0.1) is 20.8 Å². The quantitative estimate of drug-likeness (QED) is 0.625. The Hall–Kier alpha value is -1.41. The summed E-state index contributed by atoms with van der Waals surface area (Å²) in [5.41, 5.74) is 2.02. The van der Waals surface area contributed by atoms with Crippen molar-refractivity contribution >= 4 is 28.6 Å². The minimum Gasteiger partial charge on any atom is -0.496 e. The number of carboxylic acids is 1. The van der Waals surface area contributed by atoms with Crippen LogP contribution in [0.25, 0.3) is 0 Å². The Morgan fingerprint density at radius 2 is 2.19 bits per heavy atom. The third kappa shape index (κ3) is 2.59. The average molecular weight is 483 g/mol. The predicted octanol–water partition coefficient (Wildman–Crippen LogP) is 1.24. The van der Waals surface area contributed by atoms with E-state index in [2.05, 4.69) is 38.5 Å². The first-order valence-electron chi connectivity index (χ1n) is 9.02. The first-order valence-corrected chi connectivity index (χ1v) is 10.1. The zero-order valence-electron chi connectivity index (χ0n) is 15.2. The van der Waals surface area contributed by atoms with Crippen LogP contribution in [-0.2, 0) is 11.2 Å². The van der Waals surface area contributed by atoms with Crippen molar-refractivity contribution in [1.82, 2.24) is 9.80 Å². The largest absolute Gasteiger partial charge is 0.496 e. The van der Waals surface area contributed by atoms with E-state index in [1.807, 2.05) is 19.2 Å². The molecule has 144 valence electrons. The van der Waals surface area contributed by atoms with Crippen molar-refractivity contribution in [2.24, 2.45) is 5.92 Å². The number of piperazine rings is 1. The number of aliphatic hydroxyl groups is 1. The maximum Gasteiger partial charge on any atom is 0.308 e. The molecule has 3 heterocycles. The predicted molar refractivity (Wildman–Crippen MR) is 105 cm³/mol. The smallest absolute Gasteiger partial charge is 0.308 e. The van der Waals surface area contributed by atoms with Crippen LogP contribution in [0.5, 0.6) is 5.75 Å². The Labute approximate surface area is 171 Å². The Morgan fingerprint density at radius 3 is 2.78 bits per heavy atom. The summed E-state index contributed by atoms with van der Waals surface area (Å²) in [6.45, 7) is -0.140. The summed E-state index contributed by atoms with van der Waals surface area (Å²) >= 11 is 2.28. The fourth-order valence-corrected chi connectivity index (χ4v) is 6.20. The molecule has 0 saturated carbocycles. The Morgan fingerprint density at radius 1 is 1.44 bits per heavy atom. The van der Waals surface area contributed by atoms with Crippen molar-refractivity contribution in [3.8, 4) is 11.8 Å². The number of fused-ring (bicyclic) bond motifs is 5. The highest BCUT2D eigenvalue weighted by Gasteiger charge is 2.59. The summed E-state index contributed by atoms with van der Waals surface area (Å²) in [7, 11) is 3.54. The topological polar surface area (TPSA) is 97.0 Å². The monoisotopic (exact) mass is 483 g/mol. The highest BCUT2D eigenvalue weighted by molar-refractivity contribution is 14.1. The van der Waals surface area contributed by atoms with Crippen LogP contribution < -0.4 is 4.74 Å². The van der Waals surface area contributed by atoms with Gasteiger partial charge in [-0.2, -0.15) is 5.26 Å². The van der Waals surface area contributed by atoms with Gasteiger partial charge in [-0.15, -0.1) is 0 Å². The first kappa shape index (κ1) is 18.9. The molecule has 2 N–H and O–H groups in total. The second kappa shape index (κ2) is 6.88. The van der Waals surface area contributed by atoms with Crippen molar-refractivity contribution < 1.29 is 19.7 Å². The zero-order chi connectivity index (χ0) is 19.5. The molecule has 3 aliphatic heterocycles. The summed E-state index contributed by atoms with van der Waals surface area (Å²) in [6, 6.07) is 4.99. The average Bonchev–Trinajstić information content (AvgIpc) is 2.91. The number of benzene rings is 1. The highest BCUT2D eigenvalue weighted by Crippen LogP contribution is 2.50. The van der Waals surface area contributed by atoms with Crippen LogP contribution in [0.15, 0.2) is 12.1 Å². The van der Waals surface area contributed by atoms with E-state index in [0.717, 1.165) is 14.7 Å². The maximum atomic E-state index is 11.9. The summed E-state index contributed by atoms with van der Waals surface area (Å²) in [6.07, 6.45) is 1.11. The van der Waals surface area contributed by atoms with Gasteiger partial charge in [0.2, 0.25) is 0 Å². The number of hydrogen-bond acceptors (Lipinski definition) is 6. The Bertz CT molecular complexity index is 826. The van der Waals surface area contributed by atoms with Gasteiger partial charge in [-0.25, -0.2) is 0 Å². The molecule has 1 unspecified atom stereocenters. The summed E-state index contributed by atoms with van der Waals surface area (Å²) in [4.78, 5) is 16.1. The van der Waals surface area contributed by atoms with Gasteiger partial charge in [0, 0.05) is 27.3 Å². The van der Waals surface area contributed by atoms with Crippen LogP contribution in [0.1, 0.15) is 23.6 Å². The minimum atomic E-state index is -0.806. The van der Waals surface area contributed by atoms with Crippen LogP contribution in [-0.4, -0.2) is 70.9 Å². The maximum absolute atomic E-state index is 11.9. The van der Waals surface area contributed by atoms with Crippen molar-refractivity contribution in [3.05, 3.63) is 26.8 Å². The molecule has 2 bridgehead atoms. The van der Waals surface area contributed by atoms with E-state index in [1.54, 1.807) is 7.11 Å². The van der Waals surface area contributed by atoms with E-state index in [9.17, 15) is 20.3 Å². The SMILES string of the molecule is COc1ccc(I)c2c1[C@H](CO)N1C(C#N)[C@@H]3C[C@@H](C(=O)O)[C@H]([C@@H]1C2)N3C. The standard InChI is InChI=1S/C19H22IN3O4/c1-22-12-6-10(19(25)26)18(22)13-5-9-11(20)3-4-16(27-2)17(9)15(8-24)23(13)14(12)7-21/h3-4,10,12-15,18,24H,5-6,8H2,1-2H3,(H,25,26)/t10-,12+,13+,14?,15+,18-/m1/s1. The number of ether oxygens (including phenoxy) is 1. The van der Waals surface area contributed by atoms with E-state index >= 15 is 0 Å². The summed E-state index contributed by atoms with van der Waals surface area (Å²) in [5.74, 6) is -0.602. The first-order chi connectivity index (χ1) is 12.9. The molecular weight excluding hydrogens is 461 g/mol. The number of aliphatic carboxylic acids is 1. The number of likely N-dealkylation sites (N-methyl/N-ethyl adjacent to an activating group) is 1. The van der Waals surface area contributed by atoms with Gasteiger partial charge in [-0.1, -0.05) is 0 Å². The molecule has 7 nitrogen and oxygen atoms in total. The van der Waals surface area contributed by atoms with Gasteiger partial charge in [0.25, 0.3) is 0 Å². The van der Waals surface area contributed by atoms with Crippen LogP contribution >= 0.6 is 22.6 Å². The molecule has 27 heavy (non-hydrogen) atoms. The molecule has 6 atom stereocenters. The van der Waals surface area contributed by atoms with Gasteiger partial charge >= 0.3 is 5.97 Å². The third-order valence-electron chi connectivity index (χ3n) is 6.57. The summed E-state index contributed by atoms with van der Waals surface area (Å²) < 4.78 is 6.64. The lowest BCUT2D eigenvalue weighted by molar-refractivity contribution is -0.144. The molecule has 0 radical (unpaired) electrons. The van der Waals surface area contributed by atoms with Crippen molar-refractivity contribution in [2.45, 2.75) is 43.1 Å². The van der Waals surface area contributed by atoms with Gasteiger partial charge in [0.05, 0.1) is 31.7 Å². The van der Waals surface area contributed by atoms with Crippen LogP contribution in [0.4, 0.5) is 0 Å². The number of nitrogens with zero attached hydrogens (tertiary/aromatic N) is 3. The molecule has 1 aromatic carbocycles. The van der Waals surface area contributed by atoms with Crippen LogP contribution in [0.2, 0.25) is 0 Å². The fourth-order valence-electron chi connectivity index (χ4n) is 5.51. The molecule has 0 aromatic heterocycles. The van der Waals surface area contributed by atoms with Crippen LogP contribution in [0.3, 0.4) is 0 Å². The zero-order valence-corrected chi connectivity index (χ0v) is 17.3. The molecular formula is C19H22IN3O4. The summed E-state index contributed by atoms with van der Waals surface area (Å²) in [5, 5.41) is 30.0. The molecule has 0 amide bonds. The number of aliphatic hydroxyl groups excluding tert-OH is 1. The number of methoxy groups -OCH3 is 1. The van der Waals surface area contributed by atoms with E-state index in [-0.39, 0.29) is 30.8 Å². The number of rotatable bonds is 3. The second-order valence-electron chi connectivity index (χ2n) is 7.54. The number of carboxylic acid groups (broad SMARTS) is 1. The van der Waals surface area contributed by atoms with Crippen molar-refractivity contribution in [2.75, 3.05) is 20.8 Å². The number of halogens is 1. The van der Waals surface area contributed by atoms with Gasteiger partial charge in [-0.3, -0.25) is 14.6 Å². The van der Waals surface area contributed by atoms with Crippen molar-refractivity contribution in [3.63, 3.8) is 0 Å². The molecule has 2 saturated heterocycles. The molecule has 0 spiro atoms. The van der Waals surface area contributed by atoms with E-state index in [0.29, 0.717) is 18.6 Å². The van der Waals surface area contributed by atoms with Gasteiger partial charge in [-0.05, 0) is 60.2 Å². The lowest BCUT2D eigenvalue weighted by Crippen LogP contribution is -2.67. The molecule has 2 fully saturated rings. The minimum absolute atomic E-state index is 0.134. The molecule has 1 aromatic rings. The Kier molecular flexibility index (Phi) is 4.83. The molecule has 0 aliphatic carbocycles. The third-order valence-corrected chi connectivity index (χ3v) is 7.58. The van der Waals surface area contributed by atoms with E-state index in [4.69, 9.17) is 4.74 Å². The lowest BCUT2D eigenvalue weighted by Gasteiger charge is -2.54. The number of nitriles is 1. The van der Waals surface area contributed by atoms with E-state index in [1.165, 1.54) is 0 Å². The highest BCUT2D eigenvalue weighted by atomic mass is 127. The molecule has 8 heteroatoms.